The number of nitrogens with one attached hydrogen (secondary N) is 1. The van der Waals surface area contributed by atoms with Crippen molar-refractivity contribution in [3.63, 3.8) is 0 Å². The Bertz CT molecular complexity index is 578. The molecule has 0 amide bonds. The first-order valence-corrected chi connectivity index (χ1v) is 6.11. The van der Waals surface area contributed by atoms with Gasteiger partial charge in [0, 0.05) is 13.2 Å². The van der Waals surface area contributed by atoms with Crippen molar-refractivity contribution in [3.05, 3.63) is 18.0 Å². The van der Waals surface area contributed by atoms with Crippen LogP contribution in [0.3, 0.4) is 0 Å². The van der Waals surface area contributed by atoms with E-state index in [9.17, 15) is 26.4 Å². The third kappa shape index (κ3) is 4.22. The Labute approximate surface area is 105 Å². The van der Waals surface area contributed by atoms with Crippen molar-refractivity contribution in [2.45, 2.75) is 11.1 Å². The smallest absolute Gasteiger partial charge is 0.413 e. The molecule has 1 heterocycles. The molecule has 1 aromatic heterocycles. The SMILES string of the molecule is Cn1cc(S(=O)(=O)NOCC(F)(F)F)cc1C(=O)O. The zero-order valence-electron chi connectivity index (χ0n) is 9.43. The van der Waals surface area contributed by atoms with Crippen molar-refractivity contribution < 1.29 is 36.3 Å². The van der Waals surface area contributed by atoms with Crippen LogP contribution in [0.15, 0.2) is 17.2 Å². The van der Waals surface area contributed by atoms with Gasteiger partial charge in [0.1, 0.15) is 10.6 Å². The third-order valence-electron chi connectivity index (χ3n) is 1.91. The normalized spacial score (nSPS) is 12.6. The van der Waals surface area contributed by atoms with Gasteiger partial charge >= 0.3 is 12.1 Å². The van der Waals surface area contributed by atoms with Gasteiger partial charge in [0.15, 0.2) is 6.61 Å². The summed E-state index contributed by atoms with van der Waals surface area (Å²) in [4.78, 5) is 15.2. The van der Waals surface area contributed by atoms with Crippen molar-refractivity contribution >= 4 is 16.0 Å². The van der Waals surface area contributed by atoms with Gasteiger partial charge in [-0.05, 0) is 6.07 Å². The van der Waals surface area contributed by atoms with Crippen molar-refractivity contribution in [2.75, 3.05) is 6.61 Å². The lowest BCUT2D eigenvalue weighted by atomic mass is 10.4. The zero-order chi connectivity index (χ0) is 14.8. The molecule has 108 valence electrons. The van der Waals surface area contributed by atoms with E-state index in [0.717, 1.165) is 16.8 Å². The van der Waals surface area contributed by atoms with Crippen LogP contribution in [0, 0.1) is 0 Å². The number of carboxylic acids is 1. The molecule has 0 saturated carbocycles. The van der Waals surface area contributed by atoms with Gasteiger partial charge in [0.2, 0.25) is 0 Å². The van der Waals surface area contributed by atoms with E-state index < -0.39 is 33.7 Å². The molecule has 1 rings (SSSR count). The number of nitrogens with zero attached hydrogens (tertiary/aromatic N) is 1. The molecule has 0 fully saturated rings. The van der Waals surface area contributed by atoms with Crippen LogP contribution in [-0.2, 0) is 21.9 Å². The molecule has 19 heavy (non-hydrogen) atoms. The fourth-order valence-electron chi connectivity index (χ4n) is 1.13. The van der Waals surface area contributed by atoms with Crippen LogP contribution in [0.2, 0.25) is 0 Å². The van der Waals surface area contributed by atoms with E-state index in [2.05, 4.69) is 4.84 Å². The second kappa shape index (κ2) is 5.19. The van der Waals surface area contributed by atoms with Crippen LogP contribution < -0.4 is 4.89 Å². The molecule has 0 atom stereocenters. The fourth-order valence-corrected chi connectivity index (χ4v) is 2.00. The molecule has 0 aromatic carbocycles. The van der Waals surface area contributed by atoms with Crippen molar-refractivity contribution in [1.29, 1.82) is 0 Å². The molecule has 0 unspecified atom stereocenters. The number of carboxylic acid groups (broad SMARTS) is 1. The van der Waals surface area contributed by atoms with Crippen molar-refractivity contribution in [3.8, 4) is 0 Å². The molecule has 2 N–H and O–H groups in total. The Balaban J connectivity index is 2.84. The summed E-state index contributed by atoms with van der Waals surface area (Å²) in [6, 6.07) is 0.793. The summed E-state index contributed by atoms with van der Waals surface area (Å²) in [7, 11) is -3.10. The zero-order valence-corrected chi connectivity index (χ0v) is 10.2. The lowest BCUT2D eigenvalue weighted by Crippen LogP contribution is -2.29. The lowest BCUT2D eigenvalue weighted by Gasteiger charge is -2.07. The molecular formula is C8H9F3N2O5S. The molecule has 0 saturated heterocycles. The topological polar surface area (TPSA) is 97.6 Å². The maximum atomic E-state index is 11.8. The summed E-state index contributed by atoms with van der Waals surface area (Å²) < 4.78 is 59.3. The molecule has 0 aliphatic heterocycles. The van der Waals surface area contributed by atoms with Gasteiger partial charge in [0.05, 0.1) is 0 Å². The van der Waals surface area contributed by atoms with Gasteiger partial charge in [-0.25, -0.2) is 13.2 Å². The van der Waals surface area contributed by atoms with Crippen LogP contribution in [0.25, 0.3) is 0 Å². The van der Waals surface area contributed by atoms with Crippen LogP contribution in [0.4, 0.5) is 13.2 Å². The summed E-state index contributed by atoms with van der Waals surface area (Å²) in [6.45, 7) is -1.80. The first kappa shape index (κ1) is 15.5. The van der Waals surface area contributed by atoms with Gasteiger partial charge < -0.3 is 9.67 Å². The van der Waals surface area contributed by atoms with Crippen molar-refractivity contribution in [1.82, 2.24) is 9.45 Å². The Kier molecular flexibility index (Phi) is 4.22. The molecular weight excluding hydrogens is 293 g/mol. The highest BCUT2D eigenvalue weighted by Crippen LogP contribution is 2.16. The highest BCUT2D eigenvalue weighted by atomic mass is 32.2. The third-order valence-corrected chi connectivity index (χ3v) is 3.09. The van der Waals surface area contributed by atoms with Crippen molar-refractivity contribution in [2.24, 2.45) is 7.05 Å². The molecule has 1 aromatic rings. The highest BCUT2D eigenvalue weighted by Gasteiger charge is 2.29. The highest BCUT2D eigenvalue weighted by molar-refractivity contribution is 7.89. The first-order valence-electron chi connectivity index (χ1n) is 4.63. The Morgan fingerprint density at radius 2 is 2.11 bits per heavy atom. The van der Waals surface area contributed by atoms with Gasteiger partial charge in [-0.15, -0.1) is 0 Å². The second-order valence-corrected chi connectivity index (χ2v) is 5.11. The van der Waals surface area contributed by atoms with Crippen LogP contribution in [0.1, 0.15) is 10.5 Å². The largest absolute Gasteiger partial charge is 0.477 e. The van der Waals surface area contributed by atoms with Gasteiger partial charge in [-0.3, -0.25) is 4.84 Å². The lowest BCUT2D eigenvalue weighted by molar-refractivity contribution is -0.181. The standard InChI is InChI=1S/C8H9F3N2O5S/c1-13-3-5(2-6(13)7(14)15)19(16,17)12-18-4-8(9,10)11/h2-3,12H,4H2,1H3,(H,14,15). The Morgan fingerprint density at radius 3 is 2.53 bits per heavy atom. The average Bonchev–Trinajstić information content (AvgIpc) is 2.58. The van der Waals surface area contributed by atoms with Gasteiger partial charge in [0.25, 0.3) is 10.0 Å². The maximum Gasteiger partial charge on any atom is 0.413 e. The predicted molar refractivity (Wildman–Crippen MR) is 54.7 cm³/mol. The van der Waals surface area contributed by atoms with E-state index in [-0.39, 0.29) is 5.69 Å². The number of carbonyl (C=O) groups is 1. The van der Waals surface area contributed by atoms with Gasteiger partial charge in [-0.2, -0.15) is 13.2 Å². The van der Waals surface area contributed by atoms with E-state index in [4.69, 9.17) is 5.11 Å². The minimum Gasteiger partial charge on any atom is -0.477 e. The van der Waals surface area contributed by atoms with E-state index in [0.29, 0.717) is 0 Å². The minimum absolute atomic E-state index is 0.337. The summed E-state index contributed by atoms with van der Waals surface area (Å²) in [5, 5.41) is 8.71. The number of hydrogen-bond donors (Lipinski definition) is 2. The molecule has 0 radical (unpaired) electrons. The number of halogens is 3. The number of aromatic carboxylic acids is 1. The first-order chi connectivity index (χ1) is 8.53. The molecule has 0 bridgehead atoms. The molecule has 7 nitrogen and oxygen atoms in total. The molecule has 0 spiro atoms. The quantitative estimate of drug-likeness (QED) is 0.772. The Morgan fingerprint density at radius 1 is 1.53 bits per heavy atom. The number of rotatable bonds is 5. The second-order valence-electron chi connectivity index (χ2n) is 3.47. The number of aryl methyl sites for hydroxylation is 1. The number of aromatic nitrogens is 1. The van der Waals surface area contributed by atoms with E-state index in [1.165, 1.54) is 11.9 Å². The summed E-state index contributed by atoms with van der Waals surface area (Å²) in [5.41, 5.74) is -0.337. The van der Waals surface area contributed by atoms with E-state index >= 15 is 0 Å². The molecule has 0 aliphatic carbocycles. The number of hydrogen-bond acceptors (Lipinski definition) is 4. The summed E-state index contributed by atoms with van der Waals surface area (Å²) in [6.07, 6.45) is -3.76. The minimum atomic E-state index is -4.69. The van der Waals surface area contributed by atoms with Crippen LogP contribution in [-0.4, -0.2) is 36.8 Å². The Hall–Kier alpha value is -1.59. The molecule has 0 aliphatic rings. The molecule has 11 heteroatoms. The van der Waals surface area contributed by atoms with Crippen LogP contribution in [0.5, 0.6) is 0 Å². The average molecular weight is 302 g/mol. The predicted octanol–water partition coefficient (Wildman–Crippen LogP) is 0.495. The monoisotopic (exact) mass is 302 g/mol. The van der Waals surface area contributed by atoms with E-state index in [1.54, 1.807) is 0 Å². The summed E-state index contributed by atoms with van der Waals surface area (Å²) >= 11 is 0. The number of sulfonamides is 1. The number of alkyl halides is 3. The summed E-state index contributed by atoms with van der Waals surface area (Å²) in [5.74, 6) is -1.37. The maximum absolute atomic E-state index is 11.8. The van der Waals surface area contributed by atoms with Gasteiger partial charge in [-0.1, -0.05) is 4.89 Å². The fraction of sp³-hybridized carbons (Fsp3) is 0.375. The van der Waals surface area contributed by atoms with Crippen LogP contribution >= 0.6 is 0 Å². The van der Waals surface area contributed by atoms with E-state index in [1.807, 2.05) is 0 Å².